The topological polar surface area (TPSA) is 38.3 Å². The predicted molar refractivity (Wildman–Crippen MR) is 60.6 cm³/mol. The molecule has 88 valence electrons. The first-order chi connectivity index (χ1) is 7.10. The number of rotatable bonds is 6. The number of carbonyl (C=O) groups is 1. The minimum absolute atomic E-state index is 0.0843. The molecule has 1 aliphatic rings. The number of methoxy groups -OCH3 is 1. The zero-order chi connectivity index (χ0) is 11.4. The van der Waals surface area contributed by atoms with E-state index in [0.29, 0.717) is 17.9 Å². The summed E-state index contributed by atoms with van der Waals surface area (Å²) in [4.78, 5) is 11.6. The Morgan fingerprint density at radius 1 is 1.47 bits per heavy atom. The van der Waals surface area contributed by atoms with Crippen molar-refractivity contribution in [1.82, 2.24) is 5.32 Å². The third kappa shape index (κ3) is 3.49. The molecule has 3 atom stereocenters. The largest absolute Gasteiger partial charge is 0.468 e. The molecule has 1 aliphatic carbocycles. The van der Waals surface area contributed by atoms with E-state index in [1.165, 1.54) is 7.11 Å². The average molecular weight is 213 g/mol. The van der Waals surface area contributed by atoms with E-state index in [9.17, 15) is 4.79 Å². The van der Waals surface area contributed by atoms with Gasteiger partial charge in [-0.25, -0.2) is 0 Å². The molecule has 0 aromatic heterocycles. The highest BCUT2D eigenvalue weighted by atomic mass is 16.5. The molecule has 1 saturated carbocycles. The van der Waals surface area contributed by atoms with Crippen LogP contribution in [0.2, 0.25) is 0 Å². The molecule has 1 N–H and O–H groups in total. The third-order valence-corrected chi connectivity index (χ3v) is 3.49. The second-order valence-corrected chi connectivity index (χ2v) is 4.68. The average Bonchev–Trinajstić information content (AvgIpc) is 3.07. The molecule has 0 radical (unpaired) electrons. The van der Waals surface area contributed by atoms with Gasteiger partial charge in [0.15, 0.2) is 0 Å². The molecule has 1 fully saturated rings. The maximum Gasteiger partial charge on any atom is 0.323 e. The number of ether oxygens (including phenoxy) is 1. The Bertz CT molecular complexity index is 214. The second-order valence-electron chi connectivity index (χ2n) is 4.68. The first-order valence-corrected chi connectivity index (χ1v) is 5.94. The number of nitrogens with one attached hydrogen (secondary N) is 1. The van der Waals surface area contributed by atoms with Gasteiger partial charge in [0, 0.05) is 6.04 Å². The highest BCUT2D eigenvalue weighted by Gasteiger charge is 2.37. The highest BCUT2D eigenvalue weighted by Crippen LogP contribution is 2.33. The second kappa shape index (κ2) is 5.50. The fourth-order valence-corrected chi connectivity index (χ4v) is 1.75. The number of hydrogen-bond donors (Lipinski definition) is 1. The monoisotopic (exact) mass is 213 g/mol. The van der Waals surface area contributed by atoms with Gasteiger partial charge in [-0.05, 0) is 31.6 Å². The van der Waals surface area contributed by atoms with Crippen molar-refractivity contribution in [3.05, 3.63) is 0 Å². The molecule has 0 aromatic rings. The summed E-state index contributed by atoms with van der Waals surface area (Å²) in [6.07, 6.45) is 3.44. The van der Waals surface area contributed by atoms with Gasteiger partial charge < -0.3 is 10.1 Å². The fourth-order valence-electron chi connectivity index (χ4n) is 1.75. The van der Waals surface area contributed by atoms with Crippen LogP contribution in [0.4, 0.5) is 0 Å². The number of hydrogen-bond acceptors (Lipinski definition) is 3. The number of esters is 1. The van der Waals surface area contributed by atoms with E-state index in [4.69, 9.17) is 4.74 Å². The van der Waals surface area contributed by atoms with Crippen molar-refractivity contribution < 1.29 is 9.53 Å². The molecule has 0 bridgehead atoms. The zero-order valence-corrected chi connectivity index (χ0v) is 10.2. The summed E-state index contributed by atoms with van der Waals surface area (Å²) in [7, 11) is 1.47. The Balaban J connectivity index is 2.47. The van der Waals surface area contributed by atoms with Crippen LogP contribution in [-0.2, 0) is 9.53 Å². The molecule has 0 heterocycles. The van der Waals surface area contributed by atoms with Gasteiger partial charge in [0.2, 0.25) is 0 Å². The Hall–Kier alpha value is -0.570. The molecular formula is C12H23NO2. The van der Waals surface area contributed by atoms with Crippen LogP contribution in [0.5, 0.6) is 0 Å². The van der Waals surface area contributed by atoms with Crippen LogP contribution >= 0.6 is 0 Å². The Labute approximate surface area is 92.6 Å². The van der Waals surface area contributed by atoms with Gasteiger partial charge in [0.25, 0.3) is 0 Å². The van der Waals surface area contributed by atoms with Crippen molar-refractivity contribution in [3.8, 4) is 0 Å². The van der Waals surface area contributed by atoms with E-state index < -0.39 is 0 Å². The third-order valence-electron chi connectivity index (χ3n) is 3.49. The van der Waals surface area contributed by atoms with Crippen molar-refractivity contribution in [2.45, 2.75) is 52.1 Å². The molecular weight excluding hydrogens is 190 g/mol. The molecule has 15 heavy (non-hydrogen) atoms. The molecule has 3 nitrogen and oxygen atoms in total. The van der Waals surface area contributed by atoms with E-state index in [-0.39, 0.29) is 12.0 Å². The lowest BCUT2D eigenvalue weighted by Crippen LogP contribution is -2.46. The Morgan fingerprint density at radius 2 is 2.07 bits per heavy atom. The Kier molecular flexibility index (Phi) is 4.58. The van der Waals surface area contributed by atoms with Crippen LogP contribution in [0.15, 0.2) is 0 Å². The van der Waals surface area contributed by atoms with Crippen molar-refractivity contribution in [2.24, 2.45) is 11.8 Å². The van der Waals surface area contributed by atoms with E-state index >= 15 is 0 Å². The molecule has 3 heteroatoms. The molecule has 3 unspecified atom stereocenters. The molecule has 0 spiro atoms. The minimum atomic E-state index is -0.104. The summed E-state index contributed by atoms with van der Waals surface area (Å²) in [5, 5.41) is 3.41. The smallest absolute Gasteiger partial charge is 0.323 e. The molecule has 0 saturated heterocycles. The van der Waals surface area contributed by atoms with Gasteiger partial charge in [-0.3, -0.25) is 4.79 Å². The van der Waals surface area contributed by atoms with Gasteiger partial charge >= 0.3 is 5.97 Å². The Morgan fingerprint density at radius 3 is 2.47 bits per heavy atom. The molecule has 0 amide bonds. The fraction of sp³-hybridized carbons (Fsp3) is 0.917. The summed E-state index contributed by atoms with van der Waals surface area (Å²) < 4.78 is 4.83. The maximum absolute atomic E-state index is 11.6. The molecule has 0 aromatic carbocycles. The summed E-state index contributed by atoms with van der Waals surface area (Å²) in [5.74, 6) is 0.993. The van der Waals surface area contributed by atoms with Gasteiger partial charge in [0.05, 0.1) is 7.11 Å². The standard InChI is InChI=1S/C12H23NO2/c1-5-8(2)9(3)13-11(10-6-7-10)12(14)15-4/h8-11,13H,5-7H2,1-4H3. The summed E-state index contributed by atoms with van der Waals surface area (Å²) >= 11 is 0. The van der Waals surface area contributed by atoms with Crippen molar-refractivity contribution in [1.29, 1.82) is 0 Å². The van der Waals surface area contributed by atoms with E-state index in [1.54, 1.807) is 0 Å². The van der Waals surface area contributed by atoms with Crippen LogP contribution < -0.4 is 5.32 Å². The first kappa shape index (κ1) is 12.5. The van der Waals surface area contributed by atoms with Gasteiger partial charge in [-0.2, -0.15) is 0 Å². The van der Waals surface area contributed by atoms with Crippen LogP contribution in [0, 0.1) is 11.8 Å². The lowest BCUT2D eigenvalue weighted by molar-refractivity contribution is -0.144. The van der Waals surface area contributed by atoms with Crippen LogP contribution in [-0.4, -0.2) is 25.2 Å². The zero-order valence-electron chi connectivity index (χ0n) is 10.2. The molecule has 1 rings (SSSR count). The predicted octanol–water partition coefficient (Wildman–Crippen LogP) is 1.96. The highest BCUT2D eigenvalue weighted by molar-refractivity contribution is 5.76. The lowest BCUT2D eigenvalue weighted by Gasteiger charge is -2.25. The van der Waals surface area contributed by atoms with Crippen molar-refractivity contribution >= 4 is 5.97 Å². The van der Waals surface area contributed by atoms with Gasteiger partial charge in [-0.1, -0.05) is 20.3 Å². The van der Waals surface area contributed by atoms with E-state index in [2.05, 4.69) is 26.1 Å². The minimum Gasteiger partial charge on any atom is -0.468 e. The van der Waals surface area contributed by atoms with E-state index in [0.717, 1.165) is 19.3 Å². The molecule has 0 aliphatic heterocycles. The summed E-state index contributed by atoms with van der Waals surface area (Å²) in [5.41, 5.74) is 0. The van der Waals surface area contributed by atoms with Gasteiger partial charge in [0.1, 0.15) is 6.04 Å². The van der Waals surface area contributed by atoms with Crippen molar-refractivity contribution in [2.75, 3.05) is 7.11 Å². The van der Waals surface area contributed by atoms with E-state index in [1.807, 2.05) is 0 Å². The maximum atomic E-state index is 11.6. The first-order valence-electron chi connectivity index (χ1n) is 5.94. The van der Waals surface area contributed by atoms with Crippen LogP contribution in [0.1, 0.15) is 40.0 Å². The quantitative estimate of drug-likeness (QED) is 0.685. The SMILES string of the molecule is CCC(C)C(C)NC(C(=O)OC)C1CC1. The van der Waals surface area contributed by atoms with Crippen molar-refractivity contribution in [3.63, 3.8) is 0 Å². The van der Waals surface area contributed by atoms with Crippen LogP contribution in [0.25, 0.3) is 0 Å². The van der Waals surface area contributed by atoms with Crippen LogP contribution in [0.3, 0.4) is 0 Å². The normalized spacial score (nSPS) is 21.9. The lowest BCUT2D eigenvalue weighted by atomic mass is 9.99. The number of carbonyl (C=O) groups excluding carboxylic acids is 1. The summed E-state index contributed by atoms with van der Waals surface area (Å²) in [6, 6.07) is 0.290. The summed E-state index contributed by atoms with van der Waals surface area (Å²) in [6.45, 7) is 6.53. The van der Waals surface area contributed by atoms with Gasteiger partial charge in [-0.15, -0.1) is 0 Å².